The molecule has 0 atom stereocenters. The maximum atomic E-state index is 12.2. The second-order valence-corrected chi connectivity index (χ2v) is 6.83. The van der Waals surface area contributed by atoms with Crippen molar-refractivity contribution in [3.63, 3.8) is 0 Å². The Balaban J connectivity index is 1.73. The van der Waals surface area contributed by atoms with Gasteiger partial charge in [-0.2, -0.15) is 5.10 Å². The summed E-state index contributed by atoms with van der Waals surface area (Å²) in [7, 11) is 3.40. The highest BCUT2D eigenvalue weighted by Crippen LogP contribution is 2.24. The van der Waals surface area contributed by atoms with E-state index in [1.54, 1.807) is 37.3 Å². The SMILES string of the molecule is COc1ccc(/C=C/C(=O)c2cnn(C)c2)cc1COc1ccc(Br)cc1. The third kappa shape index (κ3) is 5.08. The third-order valence-electron chi connectivity index (χ3n) is 3.93. The van der Waals surface area contributed by atoms with Crippen LogP contribution in [0, 0.1) is 0 Å². The molecular formula is C21H19BrN2O3. The van der Waals surface area contributed by atoms with Crippen LogP contribution >= 0.6 is 15.9 Å². The summed E-state index contributed by atoms with van der Waals surface area (Å²) in [4.78, 5) is 12.2. The number of carbonyl (C=O) groups excluding carboxylic acids is 1. The first-order valence-electron chi connectivity index (χ1n) is 8.31. The van der Waals surface area contributed by atoms with Crippen molar-refractivity contribution in [3.8, 4) is 11.5 Å². The van der Waals surface area contributed by atoms with Crippen LogP contribution in [-0.4, -0.2) is 22.7 Å². The van der Waals surface area contributed by atoms with Crippen LogP contribution in [0.4, 0.5) is 0 Å². The fourth-order valence-corrected chi connectivity index (χ4v) is 2.79. The molecule has 3 rings (SSSR count). The molecule has 5 nitrogen and oxygen atoms in total. The number of rotatable bonds is 7. The molecule has 0 radical (unpaired) electrons. The van der Waals surface area contributed by atoms with Gasteiger partial charge in [0, 0.05) is 23.3 Å². The average molecular weight is 427 g/mol. The average Bonchev–Trinajstić information content (AvgIpc) is 3.12. The minimum Gasteiger partial charge on any atom is -0.496 e. The first-order valence-corrected chi connectivity index (χ1v) is 9.11. The molecule has 0 bridgehead atoms. The van der Waals surface area contributed by atoms with Gasteiger partial charge in [0.15, 0.2) is 5.78 Å². The Morgan fingerprint density at radius 3 is 2.67 bits per heavy atom. The molecule has 0 spiro atoms. The van der Waals surface area contributed by atoms with Crippen molar-refractivity contribution < 1.29 is 14.3 Å². The number of carbonyl (C=O) groups is 1. The van der Waals surface area contributed by atoms with E-state index in [0.717, 1.165) is 27.1 Å². The second-order valence-electron chi connectivity index (χ2n) is 5.91. The van der Waals surface area contributed by atoms with Gasteiger partial charge in [-0.3, -0.25) is 9.48 Å². The van der Waals surface area contributed by atoms with E-state index < -0.39 is 0 Å². The standard InChI is InChI=1S/C21H19BrN2O3/c1-24-13-17(12-23-24)20(25)9-3-15-4-10-21(26-2)16(11-15)14-27-19-7-5-18(22)6-8-19/h3-13H,14H2,1-2H3/b9-3+. The Morgan fingerprint density at radius 1 is 1.22 bits per heavy atom. The van der Waals surface area contributed by atoms with Gasteiger partial charge in [-0.05, 0) is 48.0 Å². The Kier molecular flexibility index (Phi) is 6.08. The van der Waals surface area contributed by atoms with Gasteiger partial charge in [0.25, 0.3) is 0 Å². The van der Waals surface area contributed by atoms with Crippen LogP contribution in [-0.2, 0) is 13.7 Å². The molecule has 0 aliphatic carbocycles. The number of ether oxygens (including phenoxy) is 2. The molecule has 0 N–H and O–H groups in total. The van der Waals surface area contributed by atoms with Crippen molar-refractivity contribution in [1.82, 2.24) is 9.78 Å². The van der Waals surface area contributed by atoms with E-state index in [-0.39, 0.29) is 5.78 Å². The maximum absolute atomic E-state index is 12.2. The summed E-state index contributed by atoms with van der Waals surface area (Å²) in [5, 5.41) is 4.01. The molecule has 0 fully saturated rings. The Morgan fingerprint density at radius 2 is 2.00 bits per heavy atom. The molecule has 3 aromatic rings. The van der Waals surface area contributed by atoms with Crippen LogP contribution in [0.5, 0.6) is 11.5 Å². The summed E-state index contributed by atoms with van der Waals surface area (Å²) in [6.45, 7) is 0.364. The van der Waals surface area contributed by atoms with Crippen molar-refractivity contribution in [3.05, 3.63) is 82.1 Å². The molecule has 0 amide bonds. The number of benzene rings is 2. The summed E-state index contributed by atoms with van der Waals surface area (Å²) >= 11 is 3.40. The number of hydrogen-bond donors (Lipinski definition) is 0. The first-order chi connectivity index (χ1) is 13.0. The van der Waals surface area contributed by atoms with Gasteiger partial charge in [-0.15, -0.1) is 0 Å². The summed E-state index contributed by atoms with van der Waals surface area (Å²) in [5.41, 5.74) is 2.35. The highest BCUT2D eigenvalue weighted by molar-refractivity contribution is 9.10. The molecule has 1 aromatic heterocycles. The smallest absolute Gasteiger partial charge is 0.189 e. The quantitative estimate of drug-likeness (QED) is 0.406. The zero-order valence-electron chi connectivity index (χ0n) is 15.1. The van der Waals surface area contributed by atoms with E-state index in [0.29, 0.717) is 12.2 Å². The van der Waals surface area contributed by atoms with Crippen molar-refractivity contribution >= 4 is 27.8 Å². The van der Waals surface area contributed by atoms with Gasteiger partial charge in [0.2, 0.25) is 0 Å². The molecule has 0 aliphatic rings. The first kappa shape index (κ1) is 18.9. The van der Waals surface area contributed by atoms with Crippen molar-refractivity contribution in [2.75, 3.05) is 7.11 Å². The Labute approximate surface area is 166 Å². The number of aryl methyl sites for hydroxylation is 1. The zero-order valence-corrected chi connectivity index (χ0v) is 16.6. The van der Waals surface area contributed by atoms with Gasteiger partial charge in [0.05, 0.1) is 18.9 Å². The van der Waals surface area contributed by atoms with Gasteiger partial charge in [0.1, 0.15) is 18.1 Å². The summed E-state index contributed by atoms with van der Waals surface area (Å²) in [6.07, 6.45) is 6.56. The molecular weight excluding hydrogens is 408 g/mol. The highest BCUT2D eigenvalue weighted by atomic mass is 79.9. The lowest BCUT2D eigenvalue weighted by Crippen LogP contribution is -1.99. The molecule has 0 aliphatic heterocycles. The van der Waals surface area contributed by atoms with Crippen LogP contribution in [0.15, 0.2) is 65.4 Å². The van der Waals surface area contributed by atoms with Crippen LogP contribution in [0.25, 0.3) is 6.08 Å². The zero-order chi connectivity index (χ0) is 19.2. The fourth-order valence-electron chi connectivity index (χ4n) is 2.52. The van der Waals surface area contributed by atoms with Crippen LogP contribution in [0.1, 0.15) is 21.5 Å². The summed E-state index contributed by atoms with van der Waals surface area (Å²) in [5.74, 6) is 1.42. The van der Waals surface area contributed by atoms with Crippen LogP contribution in [0.3, 0.4) is 0 Å². The Hall–Kier alpha value is -2.86. The van der Waals surface area contributed by atoms with Crippen LogP contribution < -0.4 is 9.47 Å². The molecule has 0 saturated carbocycles. The number of allylic oxidation sites excluding steroid dienone is 1. The fraction of sp³-hybridized carbons (Fsp3) is 0.143. The molecule has 0 unspecified atom stereocenters. The predicted molar refractivity (Wildman–Crippen MR) is 108 cm³/mol. The molecule has 0 saturated heterocycles. The van der Waals surface area contributed by atoms with E-state index in [9.17, 15) is 4.79 Å². The number of ketones is 1. The van der Waals surface area contributed by atoms with E-state index >= 15 is 0 Å². The van der Waals surface area contributed by atoms with Gasteiger partial charge < -0.3 is 9.47 Å². The molecule has 2 aromatic carbocycles. The number of hydrogen-bond acceptors (Lipinski definition) is 4. The molecule has 138 valence electrons. The van der Waals surface area contributed by atoms with Crippen molar-refractivity contribution in [2.24, 2.45) is 7.05 Å². The van der Waals surface area contributed by atoms with Crippen LogP contribution in [0.2, 0.25) is 0 Å². The predicted octanol–water partition coefficient (Wildman–Crippen LogP) is 4.67. The lowest BCUT2D eigenvalue weighted by Gasteiger charge is -2.11. The lowest BCUT2D eigenvalue weighted by molar-refractivity contribution is 0.104. The van der Waals surface area contributed by atoms with Crippen molar-refractivity contribution in [1.29, 1.82) is 0 Å². The molecule has 6 heteroatoms. The molecule has 27 heavy (non-hydrogen) atoms. The van der Waals surface area contributed by atoms with E-state index in [4.69, 9.17) is 9.47 Å². The van der Waals surface area contributed by atoms with Gasteiger partial charge >= 0.3 is 0 Å². The maximum Gasteiger partial charge on any atom is 0.189 e. The van der Waals surface area contributed by atoms with Gasteiger partial charge in [-0.1, -0.05) is 28.1 Å². The monoisotopic (exact) mass is 426 g/mol. The lowest BCUT2D eigenvalue weighted by atomic mass is 10.1. The number of methoxy groups -OCH3 is 1. The highest BCUT2D eigenvalue weighted by Gasteiger charge is 2.07. The molecule has 1 heterocycles. The van der Waals surface area contributed by atoms with E-state index in [1.807, 2.05) is 42.5 Å². The third-order valence-corrected chi connectivity index (χ3v) is 4.46. The second kappa shape index (κ2) is 8.68. The topological polar surface area (TPSA) is 53.3 Å². The minimum absolute atomic E-state index is 0.0911. The number of halogens is 1. The minimum atomic E-state index is -0.0911. The summed E-state index contributed by atoms with van der Waals surface area (Å²) < 4.78 is 13.9. The largest absolute Gasteiger partial charge is 0.496 e. The van der Waals surface area contributed by atoms with Crippen molar-refractivity contribution in [2.45, 2.75) is 6.61 Å². The Bertz CT molecular complexity index is 962. The van der Waals surface area contributed by atoms with Gasteiger partial charge in [-0.25, -0.2) is 0 Å². The summed E-state index contributed by atoms with van der Waals surface area (Å²) in [6, 6.07) is 13.4. The number of aromatic nitrogens is 2. The van der Waals surface area contributed by atoms with E-state index in [1.165, 1.54) is 6.08 Å². The normalized spacial score (nSPS) is 10.9. The van der Waals surface area contributed by atoms with E-state index in [2.05, 4.69) is 21.0 Å². The number of nitrogens with zero attached hydrogens (tertiary/aromatic N) is 2.